The molecule has 5 nitrogen and oxygen atoms in total. The summed E-state index contributed by atoms with van der Waals surface area (Å²) in [5.41, 5.74) is 3.33. The van der Waals surface area contributed by atoms with E-state index in [9.17, 15) is 4.79 Å². The van der Waals surface area contributed by atoms with Gasteiger partial charge in [0, 0.05) is 5.69 Å². The lowest BCUT2D eigenvalue weighted by molar-refractivity contribution is 0.262. The predicted octanol–water partition coefficient (Wildman–Crippen LogP) is 5.11. The minimum atomic E-state index is -0.344. The number of anilines is 2. The fourth-order valence-electron chi connectivity index (χ4n) is 2.36. The van der Waals surface area contributed by atoms with Gasteiger partial charge in [-0.25, -0.2) is 9.78 Å². The van der Waals surface area contributed by atoms with E-state index in [4.69, 9.17) is 5.26 Å². The number of aromatic nitrogens is 1. The van der Waals surface area contributed by atoms with E-state index in [2.05, 4.69) is 42.5 Å². The second-order valence-corrected chi connectivity index (χ2v) is 7.75. The van der Waals surface area contributed by atoms with Gasteiger partial charge in [-0.15, -0.1) is 0 Å². The van der Waals surface area contributed by atoms with Crippen molar-refractivity contribution in [3.8, 4) is 6.07 Å². The molecule has 3 rings (SSSR count). The topological polar surface area (TPSA) is 77.8 Å². The van der Waals surface area contributed by atoms with Crippen molar-refractivity contribution in [3.05, 3.63) is 53.6 Å². The van der Waals surface area contributed by atoms with Gasteiger partial charge in [0.25, 0.3) is 0 Å². The van der Waals surface area contributed by atoms with Crippen molar-refractivity contribution in [2.75, 3.05) is 10.6 Å². The zero-order valence-electron chi connectivity index (χ0n) is 14.3. The van der Waals surface area contributed by atoms with Crippen LogP contribution < -0.4 is 10.6 Å². The zero-order valence-corrected chi connectivity index (χ0v) is 15.1. The van der Waals surface area contributed by atoms with Crippen molar-refractivity contribution in [3.63, 3.8) is 0 Å². The average Bonchev–Trinajstić information content (AvgIpc) is 2.95. The van der Waals surface area contributed by atoms with Crippen LogP contribution in [0.2, 0.25) is 0 Å². The second-order valence-electron chi connectivity index (χ2n) is 6.72. The van der Waals surface area contributed by atoms with Crippen LogP contribution in [0.3, 0.4) is 0 Å². The summed E-state index contributed by atoms with van der Waals surface area (Å²) in [5, 5.41) is 15.0. The number of thiazole rings is 1. The number of rotatable bonds is 2. The maximum atomic E-state index is 12.2. The molecular weight excluding hydrogens is 332 g/mol. The average molecular weight is 350 g/mol. The number of nitrogens with zero attached hydrogens (tertiary/aromatic N) is 2. The zero-order chi connectivity index (χ0) is 18.0. The number of nitriles is 1. The van der Waals surface area contributed by atoms with Crippen LogP contribution in [-0.2, 0) is 5.41 Å². The maximum absolute atomic E-state index is 12.2. The quantitative estimate of drug-likeness (QED) is 0.674. The molecule has 1 aromatic heterocycles. The lowest BCUT2D eigenvalue weighted by Gasteiger charge is -2.19. The van der Waals surface area contributed by atoms with Gasteiger partial charge in [-0.2, -0.15) is 5.26 Å². The Morgan fingerprint density at radius 2 is 1.84 bits per heavy atom. The summed E-state index contributed by atoms with van der Waals surface area (Å²) in [4.78, 5) is 16.5. The standard InChI is InChI=1S/C19H18N4OS/c1-19(2,3)13-5-7-14(8-6-13)21-17(24)23-18-22-15-9-4-12(11-20)10-16(15)25-18/h4-10H,1-3H3,(H2,21,22,23,24). The Morgan fingerprint density at radius 3 is 2.48 bits per heavy atom. The van der Waals surface area contributed by atoms with E-state index in [1.54, 1.807) is 18.2 Å². The molecule has 0 aliphatic heterocycles. The number of carbonyl (C=O) groups is 1. The lowest BCUT2D eigenvalue weighted by atomic mass is 9.87. The van der Waals surface area contributed by atoms with E-state index in [1.165, 1.54) is 16.9 Å². The van der Waals surface area contributed by atoms with Crippen LogP contribution >= 0.6 is 11.3 Å². The van der Waals surface area contributed by atoms with Gasteiger partial charge in [-0.05, 0) is 41.3 Å². The normalized spacial score (nSPS) is 11.1. The SMILES string of the molecule is CC(C)(C)c1ccc(NC(=O)Nc2nc3ccc(C#N)cc3s2)cc1. The molecule has 0 bridgehead atoms. The Labute approximate surface area is 150 Å². The number of amides is 2. The number of urea groups is 1. The number of hydrogen-bond acceptors (Lipinski definition) is 4. The highest BCUT2D eigenvalue weighted by Crippen LogP contribution is 2.27. The lowest BCUT2D eigenvalue weighted by Crippen LogP contribution is -2.19. The number of benzene rings is 2. The predicted molar refractivity (Wildman–Crippen MR) is 102 cm³/mol. The molecule has 0 radical (unpaired) electrons. The fourth-order valence-corrected chi connectivity index (χ4v) is 3.26. The summed E-state index contributed by atoms with van der Waals surface area (Å²) >= 11 is 1.34. The number of fused-ring (bicyclic) bond motifs is 1. The molecule has 0 aliphatic rings. The van der Waals surface area contributed by atoms with Gasteiger partial charge in [0.05, 0.1) is 21.8 Å². The molecule has 2 N–H and O–H groups in total. The highest BCUT2D eigenvalue weighted by molar-refractivity contribution is 7.22. The van der Waals surface area contributed by atoms with Gasteiger partial charge in [0.15, 0.2) is 5.13 Å². The highest BCUT2D eigenvalue weighted by Gasteiger charge is 2.13. The second kappa shape index (κ2) is 6.54. The molecule has 0 unspecified atom stereocenters. The first-order valence-corrected chi connectivity index (χ1v) is 8.66. The van der Waals surface area contributed by atoms with E-state index < -0.39 is 0 Å². The smallest absolute Gasteiger partial charge is 0.308 e. The summed E-state index contributed by atoms with van der Waals surface area (Å²) in [5.74, 6) is 0. The Hall–Kier alpha value is -2.91. The Morgan fingerprint density at radius 1 is 1.12 bits per heavy atom. The van der Waals surface area contributed by atoms with Crippen molar-refractivity contribution in [2.24, 2.45) is 0 Å². The molecule has 0 atom stereocenters. The van der Waals surface area contributed by atoms with E-state index in [-0.39, 0.29) is 11.4 Å². The minimum Gasteiger partial charge on any atom is -0.308 e. The van der Waals surface area contributed by atoms with Crippen LogP contribution in [0.15, 0.2) is 42.5 Å². The Bertz CT molecular complexity index is 962. The molecule has 1 heterocycles. The molecule has 25 heavy (non-hydrogen) atoms. The van der Waals surface area contributed by atoms with Crippen molar-refractivity contribution in [1.82, 2.24) is 4.98 Å². The van der Waals surface area contributed by atoms with Crippen LogP contribution in [-0.4, -0.2) is 11.0 Å². The maximum Gasteiger partial charge on any atom is 0.325 e. The monoisotopic (exact) mass is 350 g/mol. The first-order valence-electron chi connectivity index (χ1n) is 7.84. The molecule has 0 fully saturated rings. The van der Waals surface area contributed by atoms with Gasteiger partial charge in [-0.1, -0.05) is 44.2 Å². The summed E-state index contributed by atoms with van der Waals surface area (Å²) in [6, 6.07) is 14.8. The highest BCUT2D eigenvalue weighted by atomic mass is 32.1. The molecule has 6 heteroatoms. The third kappa shape index (κ3) is 3.95. The van der Waals surface area contributed by atoms with Crippen LogP contribution in [0.1, 0.15) is 31.9 Å². The molecule has 0 aliphatic carbocycles. The number of hydrogen-bond donors (Lipinski definition) is 2. The third-order valence-corrected chi connectivity index (χ3v) is 4.68. The summed E-state index contributed by atoms with van der Waals surface area (Å²) in [7, 11) is 0. The number of nitrogens with one attached hydrogen (secondary N) is 2. The van der Waals surface area contributed by atoms with Crippen molar-refractivity contribution in [2.45, 2.75) is 26.2 Å². The van der Waals surface area contributed by atoms with E-state index in [0.717, 1.165) is 15.9 Å². The first kappa shape index (κ1) is 16.9. The molecular formula is C19H18N4OS. The molecule has 3 aromatic rings. The molecule has 0 spiro atoms. The van der Waals surface area contributed by atoms with Gasteiger partial charge in [-0.3, -0.25) is 5.32 Å². The van der Waals surface area contributed by atoms with Gasteiger partial charge >= 0.3 is 6.03 Å². The summed E-state index contributed by atoms with van der Waals surface area (Å²) in [6.45, 7) is 6.44. The van der Waals surface area contributed by atoms with Crippen molar-refractivity contribution in [1.29, 1.82) is 5.26 Å². The van der Waals surface area contributed by atoms with Crippen LogP contribution in [0.5, 0.6) is 0 Å². The van der Waals surface area contributed by atoms with E-state index in [0.29, 0.717) is 10.7 Å². The van der Waals surface area contributed by atoms with Crippen LogP contribution in [0.4, 0.5) is 15.6 Å². The van der Waals surface area contributed by atoms with Gasteiger partial charge in [0.1, 0.15) is 0 Å². The Balaban J connectivity index is 1.69. The summed E-state index contributed by atoms with van der Waals surface area (Å²) in [6.07, 6.45) is 0. The first-order chi connectivity index (χ1) is 11.8. The van der Waals surface area contributed by atoms with Crippen LogP contribution in [0, 0.1) is 11.3 Å². The van der Waals surface area contributed by atoms with Crippen molar-refractivity contribution < 1.29 is 4.79 Å². The minimum absolute atomic E-state index is 0.0735. The van der Waals surface area contributed by atoms with Crippen molar-refractivity contribution >= 4 is 38.4 Å². The molecule has 2 aromatic carbocycles. The van der Waals surface area contributed by atoms with Crippen LogP contribution in [0.25, 0.3) is 10.2 Å². The molecule has 2 amide bonds. The summed E-state index contributed by atoms with van der Waals surface area (Å²) < 4.78 is 0.865. The van der Waals surface area contributed by atoms with E-state index in [1.807, 2.05) is 24.3 Å². The van der Waals surface area contributed by atoms with E-state index >= 15 is 0 Å². The largest absolute Gasteiger partial charge is 0.325 e. The third-order valence-electron chi connectivity index (χ3n) is 3.75. The molecule has 126 valence electrons. The Kier molecular flexibility index (Phi) is 4.43. The van der Waals surface area contributed by atoms with Gasteiger partial charge in [0.2, 0.25) is 0 Å². The fraction of sp³-hybridized carbons (Fsp3) is 0.211. The number of carbonyl (C=O) groups excluding carboxylic acids is 1. The molecule has 0 saturated carbocycles. The molecule has 0 saturated heterocycles. The van der Waals surface area contributed by atoms with Gasteiger partial charge < -0.3 is 5.32 Å².